The molecule has 0 fully saturated rings. The zero-order chi connectivity index (χ0) is 15.4. The summed E-state index contributed by atoms with van der Waals surface area (Å²) in [5.41, 5.74) is 0.536. The van der Waals surface area contributed by atoms with Crippen molar-refractivity contribution in [2.75, 3.05) is 0 Å². The van der Waals surface area contributed by atoms with E-state index in [0.717, 1.165) is 12.8 Å². The Morgan fingerprint density at radius 2 is 1.80 bits per heavy atom. The second-order valence-corrected chi connectivity index (χ2v) is 5.51. The maximum Gasteiger partial charge on any atom is 0.346 e. The van der Waals surface area contributed by atoms with Crippen molar-refractivity contribution in [3.05, 3.63) is 21.6 Å². The van der Waals surface area contributed by atoms with E-state index in [0.29, 0.717) is 11.5 Å². The Kier molecular flexibility index (Phi) is 5.68. The number of imidazole rings is 1. The molecule has 6 nitrogen and oxygen atoms in total. The Bertz CT molecular complexity index is 468. The normalized spacial score (nSPS) is 15.9. The lowest BCUT2D eigenvalue weighted by Gasteiger charge is -2.10. The molecule has 3 unspecified atom stereocenters. The highest BCUT2D eigenvalue weighted by molar-refractivity contribution is 5.34. The van der Waals surface area contributed by atoms with Crippen molar-refractivity contribution in [1.82, 2.24) is 9.55 Å². The molecule has 1 aromatic heterocycles. The summed E-state index contributed by atoms with van der Waals surface area (Å²) in [5.74, 6) is 0.907. The fraction of sp³-hybridized carbons (Fsp3) is 0.786. The lowest BCUT2D eigenvalue weighted by molar-refractivity contribution is -0.393. The molecule has 0 aromatic carbocycles. The third-order valence-electron chi connectivity index (χ3n) is 3.75. The molecule has 1 aromatic rings. The number of nitro groups is 1. The number of hydrogen-bond acceptors (Lipinski definition) is 4. The van der Waals surface area contributed by atoms with Gasteiger partial charge in [-0.3, -0.25) is 0 Å². The first-order chi connectivity index (χ1) is 9.33. The molecule has 1 rings (SSSR count). The van der Waals surface area contributed by atoms with E-state index >= 15 is 0 Å². The lowest BCUT2D eigenvalue weighted by Crippen LogP contribution is -2.17. The molecule has 0 saturated carbocycles. The molecule has 1 N–H and O–H groups in total. The maximum absolute atomic E-state index is 11.4. The van der Waals surface area contributed by atoms with Crippen LogP contribution < -0.4 is 0 Å². The Morgan fingerprint density at radius 3 is 2.20 bits per heavy atom. The molecule has 6 heteroatoms. The number of aliphatic hydroxyl groups excluding tert-OH is 1. The van der Waals surface area contributed by atoms with Crippen LogP contribution >= 0.6 is 0 Å². The van der Waals surface area contributed by atoms with E-state index in [1.807, 2.05) is 27.7 Å². The fourth-order valence-electron chi connectivity index (χ4n) is 2.20. The molecule has 0 bridgehead atoms. The van der Waals surface area contributed by atoms with Crippen LogP contribution in [-0.4, -0.2) is 25.7 Å². The van der Waals surface area contributed by atoms with Gasteiger partial charge in [0.15, 0.2) is 5.82 Å². The molecule has 0 aliphatic rings. The minimum Gasteiger partial charge on any atom is -0.389 e. The monoisotopic (exact) mass is 283 g/mol. The van der Waals surface area contributed by atoms with Crippen molar-refractivity contribution in [2.24, 2.45) is 0 Å². The molecule has 114 valence electrons. The van der Waals surface area contributed by atoms with Gasteiger partial charge in [0, 0.05) is 11.8 Å². The predicted octanol–water partition coefficient (Wildman–Crippen LogP) is 3.20. The van der Waals surface area contributed by atoms with Crippen molar-refractivity contribution in [2.45, 2.75) is 71.9 Å². The molecular weight excluding hydrogens is 258 g/mol. The molecule has 0 aliphatic carbocycles. The van der Waals surface area contributed by atoms with Crippen molar-refractivity contribution in [1.29, 1.82) is 0 Å². The number of hydrogen-bond donors (Lipinski definition) is 1. The van der Waals surface area contributed by atoms with E-state index in [1.165, 1.54) is 0 Å². The van der Waals surface area contributed by atoms with E-state index in [9.17, 15) is 15.2 Å². The van der Waals surface area contributed by atoms with Gasteiger partial charge in [-0.15, -0.1) is 0 Å². The molecule has 0 amide bonds. The smallest absolute Gasteiger partial charge is 0.346 e. The molecule has 0 radical (unpaired) electrons. The average Bonchev–Trinajstić information content (AvgIpc) is 2.75. The first kappa shape index (κ1) is 16.6. The third kappa shape index (κ3) is 3.36. The van der Waals surface area contributed by atoms with Gasteiger partial charge in [-0.25, -0.2) is 9.55 Å². The number of aliphatic hydroxyl groups is 1. The van der Waals surface area contributed by atoms with Crippen LogP contribution in [0.15, 0.2) is 0 Å². The van der Waals surface area contributed by atoms with Crippen LogP contribution in [0.3, 0.4) is 0 Å². The van der Waals surface area contributed by atoms with Crippen LogP contribution in [0.2, 0.25) is 0 Å². The molecule has 3 atom stereocenters. The maximum atomic E-state index is 11.4. The molecule has 0 saturated heterocycles. The zero-order valence-electron chi connectivity index (χ0n) is 13.0. The van der Waals surface area contributed by atoms with Crippen LogP contribution in [0.25, 0.3) is 0 Å². The van der Waals surface area contributed by atoms with Crippen molar-refractivity contribution >= 4 is 5.82 Å². The predicted molar refractivity (Wildman–Crippen MR) is 78.0 cm³/mol. The van der Waals surface area contributed by atoms with Crippen molar-refractivity contribution in [3.63, 3.8) is 0 Å². The summed E-state index contributed by atoms with van der Waals surface area (Å²) in [5, 5.41) is 21.1. The highest BCUT2D eigenvalue weighted by atomic mass is 16.6. The van der Waals surface area contributed by atoms with Crippen LogP contribution in [0, 0.1) is 10.1 Å². The van der Waals surface area contributed by atoms with Gasteiger partial charge in [-0.05, 0) is 24.7 Å². The van der Waals surface area contributed by atoms with Gasteiger partial charge in [0.05, 0.1) is 6.10 Å². The third-order valence-corrected chi connectivity index (χ3v) is 3.75. The van der Waals surface area contributed by atoms with E-state index < -0.39 is 6.10 Å². The number of aromatic nitrogens is 2. The SMILES string of the molecule is CCC(C)c1nc(C(C)CC)n(CC(C)O)c1[N+](=O)[O-]. The van der Waals surface area contributed by atoms with E-state index in [4.69, 9.17) is 0 Å². The van der Waals surface area contributed by atoms with Gasteiger partial charge in [0.1, 0.15) is 12.2 Å². The van der Waals surface area contributed by atoms with Gasteiger partial charge < -0.3 is 15.2 Å². The molecule has 0 spiro atoms. The summed E-state index contributed by atoms with van der Waals surface area (Å²) < 4.78 is 1.58. The molecule has 1 heterocycles. The first-order valence-corrected chi connectivity index (χ1v) is 7.26. The lowest BCUT2D eigenvalue weighted by atomic mass is 10.1. The number of nitrogens with zero attached hydrogens (tertiary/aromatic N) is 3. The summed E-state index contributed by atoms with van der Waals surface area (Å²) in [4.78, 5) is 15.6. The standard InChI is InChI=1S/C14H25N3O3/c1-6-9(3)12-14(17(19)20)16(8-11(5)18)13(15-12)10(4)7-2/h9-11,18H,6-8H2,1-5H3. The minimum atomic E-state index is -0.643. The Morgan fingerprint density at radius 1 is 1.25 bits per heavy atom. The summed E-state index contributed by atoms with van der Waals surface area (Å²) in [6.45, 7) is 9.81. The summed E-state index contributed by atoms with van der Waals surface area (Å²) >= 11 is 0. The molecule has 0 aliphatic heterocycles. The zero-order valence-corrected chi connectivity index (χ0v) is 13.0. The second-order valence-electron chi connectivity index (χ2n) is 5.51. The largest absolute Gasteiger partial charge is 0.389 e. The second kappa shape index (κ2) is 6.83. The Hall–Kier alpha value is -1.43. The van der Waals surface area contributed by atoms with E-state index in [2.05, 4.69) is 4.98 Å². The quantitative estimate of drug-likeness (QED) is 0.615. The van der Waals surface area contributed by atoms with Crippen LogP contribution in [-0.2, 0) is 6.54 Å². The summed E-state index contributed by atoms with van der Waals surface area (Å²) in [7, 11) is 0. The van der Waals surface area contributed by atoms with Gasteiger partial charge in [0.25, 0.3) is 0 Å². The van der Waals surface area contributed by atoms with Gasteiger partial charge in [0.2, 0.25) is 0 Å². The topological polar surface area (TPSA) is 81.2 Å². The minimum absolute atomic E-state index is 0.0356. The van der Waals surface area contributed by atoms with E-state index in [1.54, 1.807) is 11.5 Å². The van der Waals surface area contributed by atoms with E-state index in [-0.39, 0.29) is 29.1 Å². The molecular formula is C14H25N3O3. The van der Waals surface area contributed by atoms with Gasteiger partial charge in [-0.2, -0.15) is 0 Å². The first-order valence-electron chi connectivity index (χ1n) is 7.26. The van der Waals surface area contributed by atoms with Gasteiger partial charge in [-0.1, -0.05) is 27.7 Å². The average molecular weight is 283 g/mol. The Labute approximate surface area is 120 Å². The van der Waals surface area contributed by atoms with Crippen LogP contribution in [0.5, 0.6) is 0 Å². The Balaban J connectivity index is 3.47. The number of rotatable bonds is 7. The van der Waals surface area contributed by atoms with Crippen molar-refractivity contribution < 1.29 is 10.0 Å². The fourth-order valence-corrected chi connectivity index (χ4v) is 2.20. The summed E-state index contributed by atoms with van der Waals surface area (Å²) in [6.07, 6.45) is 1.01. The van der Waals surface area contributed by atoms with Crippen LogP contribution in [0.4, 0.5) is 5.82 Å². The van der Waals surface area contributed by atoms with Gasteiger partial charge >= 0.3 is 5.82 Å². The van der Waals surface area contributed by atoms with Crippen LogP contribution in [0.1, 0.15) is 70.8 Å². The van der Waals surface area contributed by atoms with Crippen molar-refractivity contribution in [3.8, 4) is 0 Å². The highest BCUT2D eigenvalue weighted by Gasteiger charge is 2.32. The summed E-state index contributed by atoms with van der Waals surface area (Å²) in [6, 6.07) is 0. The molecule has 20 heavy (non-hydrogen) atoms. The highest BCUT2D eigenvalue weighted by Crippen LogP contribution is 2.33.